The Balaban J connectivity index is 2.84. The molecule has 0 radical (unpaired) electrons. The first-order valence-electron chi connectivity index (χ1n) is 3.74. The summed E-state index contributed by atoms with van der Waals surface area (Å²) in [7, 11) is 0. The van der Waals surface area contributed by atoms with Crippen LogP contribution in [0.15, 0.2) is 17.5 Å². The molecule has 74 valence electrons. The predicted octanol–water partition coefficient (Wildman–Crippen LogP) is 5.10. The Hall–Kier alpha value is 0.0600. The second kappa shape index (κ2) is 3.90. The van der Waals surface area contributed by atoms with Gasteiger partial charge in [-0.2, -0.15) is 0 Å². The molecule has 0 saturated heterocycles. The van der Waals surface area contributed by atoms with E-state index in [1.54, 1.807) is 5.38 Å². The van der Waals surface area contributed by atoms with E-state index in [-0.39, 0.29) is 5.56 Å². The monoisotopic (exact) mass is 344 g/mol. The van der Waals surface area contributed by atoms with Gasteiger partial charge in [0.1, 0.15) is 0 Å². The Labute approximate surface area is 102 Å². The Morgan fingerprint density at radius 2 is 2.14 bits per heavy atom. The van der Waals surface area contributed by atoms with Crippen molar-refractivity contribution in [3.63, 3.8) is 0 Å². The van der Waals surface area contributed by atoms with Crippen molar-refractivity contribution >= 4 is 55.6 Å². The molecule has 0 nitrogen and oxygen atoms in total. The maximum absolute atomic E-state index is 12.6. The summed E-state index contributed by atoms with van der Waals surface area (Å²) in [6.45, 7) is 0. The highest BCUT2D eigenvalue weighted by Crippen LogP contribution is 2.38. The van der Waals surface area contributed by atoms with Crippen molar-refractivity contribution in [2.75, 3.05) is 0 Å². The van der Waals surface area contributed by atoms with Gasteiger partial charge in [-0.15, -0.1) is 11.3 Å². The van der Waals surface area contributed by atoms with E-state index >= 15 is 0 Å². The third-order valence-electron chi connectivity index (χ3n) is 1.89. The third kappa shape index (κ3) is 1.63. The van der Waals surface area contributed by atoms with Gasteiger partial charge in [0.25, 0.3) is 6.43 Å². The molecule has 0 fully saturated rings. The molecule has 0 aliphatic rings. The lowest BCUT2D eigenvalue weighted by Crippen LogP contribution is -1.87. The molecule has 2 aromatic rings. The fourth-order valence-electron chi connectivity index (χ4n) is 1.26. The third-order valence-corrected chi connectivity index (χ3v) is 4.63. The van der Waals surface area contributed by atoms with Gasteiger partial charge >= 0.3 is 0 Å². The summed E-state index contributed by atoms with van der Waals surface area (Å²) in [4.78, 5) is 0. The Bertz CT molecular complexity index is 481. The molecule has 0 atom stereocenters. The average molecular weight is 345 g/mol. The maximum Gasteiger partial charge on any atom is 0.265 e. The van der Waals surface area contributed by atoms with E-state index in [1.165, 1.54) is 17.4 Å². The van der Waals surface area contributed by atoms with Crippen molar-refractivity contribution < 1.29 is 8.78 Å². The molecule has 0 aliphatic heterocycles. The lowest BCUT2D eigenvalue weighted by Gasteiger charge is -2.05. The molecule has 0 saturated carbocycles. The molecular formula is C9H4ClF2IS. The summed E-state index contributed by atoms with van der Waals surface area (Å²) < 4.78 is 26.7. The van der Waals surface area contributed by atoms with Crippen molar-refractivity contribution in [3.8, 4) is 0 Å². The SMILES string of the molecule is FC(F)c1cc(Cl)c(I)c2ccsc12. The van der Waals surface area contributed by atoms with Crippen molar-refractivity contribution in [2.45, 2.75) is 6.43 Å². The number of thiophene rings is 1. The molecule has 0 amide bonds. The van der Waals surface area contributed by atoms with Gasteiger partial charge in [-0.1, -0.05) is 11.6 Å². The lowest BCUT2D eigenvalue weighted by atomic mass is 10.2. The van der Waals surface area contributed by atoms with Crippen molar-refractivity contribution in [2.24, 2.45) is 0 Å². The second-order valence-corrected chi connectivity index (χ2v) is 5.13. The van der Waals surface area contributed by atoms with Crippen LogP contribution in [0.5, 0.6) is 0 Å². The highest BCUT2D eigenvalue weighted by Gasteiger charge is 2.16. The molecule has 0 spiro atoms. The molecule has 1 heterocycles. The Kier molecular flexibility index (Phi) is 2.95. The number of fused-ring (bicyclic) bond motifs is 1. The van der Waals surface area contributed by atoms with Gasteiger partial charge in [0, 0.05) is 19.2 Å². The number of rotatable bonds is 1. The highest BCUT2D eigenvalue weighted by molar-refractivity contribution is 14.1. The van der Waals surface area contributed by atoms with Crippen LogP contribution < -0.4 is 0 Å². The quantitative estimate of drug-likeness (QED) is 0.632. The van der Waals surface area contributed by atoms with Crippen molar-refractivity contribution in [3.05, 3.63) is 31.7 Å². The minimum atomic E-state index is -2.47. The van der Waals surface area contributed by atoms with Gasteiger partial charge in [0.05, 0.1) is 5.02 Å². The van der Waals surface area contributed by atoms with E-state index < -0.39 is 6.43 Å². The molecule has 2 rings (SSSR count). The molecular weight excluding hydrogens is 341 g/mol. The molecule has 1 aromatic carbocycles. The van der Waals surface area contributed by atoms with Crippen LogP contribution in [-0.2, 0) is 0 Å². The van der Waals surface area contributed by atoms with Crippen LogP contribution >= 0.6 is 45.5 Å². The summed E-state index contributed by atoms with van der Waals surface area (Å²) in [6.07, 6.45) is -2.47. The normalized spacial score (nSPS) is 11.5. The zero-order valence-corrected chi connectivity index (χ0v) is 10.5. The van der Waals surface area contributed by atoms with Crippen molar-refractivity contribution in [1.82, 2.24) is 0 Å². The van der Waals surface area contributed by atoms with Crippen LogP contribution in [0.25, 0.3) is 10.1 Å². The minimum Gasteiger partial charge on any atom is -0.205 e. The summed E-state index contributed by atoms with van der Waals surface area (Å²) in [5.41, 5.74) is 0.0282. The Morgan fingerprint density at radius 1 is 1.43 bits per heavy atom. The van der Waals surface area contributed by atoms with Gasteiger partial charge in [0.2, 0.25) is 0 Å². The summed E-state index contributed by atoms with van der Waals surface area (Å²) in [5, 5.41) is 3.01. The highest BCUT2D eigenvalue weighted by atomic mass is 127. The number of hydrogen-bond donors (Lipinski definition) is 0. The number of halogens is 4. The molecule has 0 unspecified atom stereocenters. The first-order valence-corrected chi connectivity index (χ1v) is 6.08. The molecule has 0 N–H and O–H groups in total. The summed E-state index contributed by atoms with van der Waals surface area (Å²) in [5.74, 6) is 0. The standard InChI is InChI=1S/C9H4ClF2IS/c10-6-3-5(9(11)12)8-4(7(6)13)1-2-14-8/h1-3,9H. The first-order chi connectivity index (χ1) is 6.61. The fourth-order valence-corrected chi connectivity index (χ4v) is 3.19. The fraction of sp³-hybridized carbons (Fsp3) is 0.111. The largest absolute Gasteiger partial charge is 0.265 e. The Morgan fingerprint density at radius 3 is 2.79 bits per heavy atom. The zero-order valence-electron chi connectivity index (χ0n) is 6.73. The van der Waals surface area contributed by atoms with E-state index in [4.69, 9.17) is 11.6 Å². The molecule has 0 aliphatic carbocycles. The topological polar surface area (TPSA) is 0 Å². The van der Waals surface area contributed by atoms with E-state index in [2.05, 4.69) is 22.6 Å². The molecule has 5 heteroatoms. The molecule has 14 heavy (non-hydrogen) atoms. The van der Waals surface area contributed by atoms with Gasteiger partial charge in [-0.05, 0) is 40.1 Å². The number of alkyl halides is 2. The van der Waals surface area contributed by atoms with E-state index in [0.717, 1.165) is 8.96 Å². The summed E-state index contributed by atoms with van der Waals surface area (Å²) in [6, 6.07) is 3.17. The van der Waals surface area contributed by atoms with Gasteiger partial charge in [-0.3, -0.25) is 0 Å². The minimum absolute atomic E-state index is 0.0282. The van der Waals surface area contributed by atoms with Gasteiger partial charge in [-0.25, -0.2) is 8.78 Å². The maximum atomic E-state index is 12.6. The van der Waals surface area contributed by atoms with Crippen LogP contribution in [0.1, 0.15) is 12.0 Å². The van der Waals surface area contributed by atoms with Crippen LogP contribution in [0, 0.1) is 3.57 Å². The zero-order chi connectivity index (χ0) is 10.3. The number of benzene rings is 1. The average Bonchev–Trinajstić information content (AvgIpc) is 2.59. The second-order valence-electron chi connectivity index (χ2n) is 2.73. The van der Waals surface area contributed by atoms with Crippen LogP contribution in [0.4, 0.5) is 8.78 Å². The lowest BCUT2D eigenvalue weighted by molar-refractivity contribution is 0.153. The van der Waals surface area contributed by atoms with Crippen molar-refractivity contribution in [1.29, 1.82) is 0 Å². The molecule has 1 aromatic heterocycles. The van der Waals surface area contributed by atoms with E-state index in [1.807, 2.05) is 6.07 Å². The van der Waals surface area contributed by atoms with E-state index in [0.29, 0.717) is 9.72 Å². The summed E-state index contributed by atoms with van der Waals surface area (Å²) >= 11 is 9.25. The molecule has 0 bridgehead atoms. The van der Waals surface area contributed by atoms with E-state index in [9.17, 15) is 8.78 Å². The van der Waals surface area contributed by atoms with Gasteiger partial charge < -0.3 is 0 Å². The van der Waals surface area contributed by atoms with Crippen LogP contribution in [0.3, 0.4) is 0 Å². The first kappa shape index (κ1) is 10.6. The van der Waals surface area contributed by atoms with Gasteiger partial charge in [0.15, 0.2) is 0 Å². The van der Waals surface area contributed by atoms with Crippen LogP contribution in [0.2, 0.25) is 5.02 Å². The smallest absolute Gasteiger partial charge is 0.205 e. The van der Waals surface area contributed by atoms with Crippen LogP contribution in [-0.4, -0.2) is 0 Å². The predicted molar refractivity (Wildman–Crippen MR) is 64.5 cm³/mol. The number of hydrogen-bond acceptors (Lipinski definition) is 1.